The molecule has 4 nitrogen and oxygen atoms in total. The van der Waals surface area contributed by atoms with Gasteiger partial charge in [0.05, 0.1) is 25.2 Å². The Bertz CT molecular complexity index is 263. The van der Waals surface area contributed by atoms with Crippen LogP contribution in [0.5, 0.6) is 0 Å². The zero-order valence-corrected chi connectivity index (χ0v) is 11.4. The lowest BCUT2D eigenvalue weighted by molar-refractivity contribution is -0.306. The second-order valence-corrected chi connectivity index (χ2v) is 3.99. The first kappa shape index (κ1) is 16.9. The quantitative estimate of drug-likeness (QED) is 0.187. The molecule has 0 bridgehead atoms. The van der Waals surface area contributed by atoms with E-state index in [1.165, 1.54) is 0 Å². The lowest BCUT2D eigenvalue weighted by Gasteiger charge is -2.29. The molecule has 0 spiro atoms. The van der Waals surface area contributed by atoms with Crippen molar-refractivity contribution in [2.45, 2.75) is 33.1 Å². The summed E-state index contributed by atoms with van der Waals surface area (Å²) in [6.45, 7) is 11.9. The van der Waals surface area contributed by atoms with Crippen LogP contribution in [0.4, 0.5) is 0 Å². The van der Waals surface area contributed by atoms with Crippen LogP contribution in [0.3, 0.4) is 0 Å². The summed E-state index contributed by atoms with van der Waals surface area (Å²) in [6.07, 6.45) is 5.29. The molecule has 0 saturated carbocycles. The van der Waals surface area contributed by atoms with Crippen LogP contribution in [-0.4, -0.2) is 25.8 Å². The van der Waals surface area contributed by atoms with Crippen molar-refractivity contribution in [1.82, 2.24) is 0 Å². The minimum absolute atomic E-state index is 0.166. The summed E-state index contributed by atoms with van der Waals surface area (Å²) in [5, 5.41) is 0. The Hall–Kier alpha value is -1.13. The molecule has 0 aliphatic rings. The molecular formula is C14H24O4. The third-order valence-electron chi connectivity index (χ3n) is 2.61. The van der Waals surface area contributed by atoms with E-state index in [4.69, 9.17) is 14.5 Å². The van der Waals surface area contributed by atoms with E-state index in [0.717, 1.165) is 0 Å². The van der Waals surface area contributed by atoms with Crippen molar-refractivity contribution >= 4 is 5.97 Å². The van der Waals surface area contributed by atoms with Crippen LogP contribution in [-0.2, 0) is 19.3 Å². The van der Waals surface area contributed by atoms with Crippen LogP contribution in [0.2, 0.25) is 0 Å². The van der Waals surface area contributed by atoms with Gasteiger partial charge in [0, 0.05) is 0 Å². The first-order valence-electron chi connectivity index (χ1n) is 6.30. The van der Waals surface area contributed by atoms with E-state index in [2.05, 4.69) is 13.2 Å². The highest BCUT2D eigenvalue weighted by Crippen LogP contribution is 2.31. The zero-order chi connectivity index (χ0) is 13.9. The Morgan fingerprint density at radius 2 is 1.89 bits per heavy atom. The number of allylic oxidation sites excluding steroid dienone is 2. The number of carbonyl (C=O) groups is 1. The van der Waals surface area contributed by atoms with Gasteiger partial charge in [-0.1, -0.05) is 12.2 Å². The highest BCUT2D eigenvalue weighted by molar-refractivity contribution is 5.77. The maximum atomic E-state index is 12.1. The highest BCUT2D eigenvalue weighted by atomic mass is 17.2. The fourth-order valence-corrected chi connectivity index (χ4v) is 1.65. The standard InChI is InChI=1S/C14H24O4/c1-5-9-11-14(10-6-2,12-18-17-8-4)13(15)16-7-3/h5-6H,1-2,7-12H2,3-4H3. The van der Waals surface area contributed by atoms with Crippen molar-refractivity contribution in [2.24, 2.45) is 5.41 Å². The van der Waals surface area contributed by atoms with Crippen LogP contribution >= 0.6 is 0 Å². The summed E-state index contributed by atoms with van der Waals surface area (Å²) in [6, 6.07) is 0. The highest BCUT2D eigenvalue weighted by Gasteiger charge is 2.39. The van der Waals surface area contributed by atoms with Crippen molar-refractivity contribution in [2.75, 3.05) is 19.8 Å². The van der Waals surface area contributed by atoms with Gasteiger partial charge in [-0.3, -0.25) is 4.79 Å². The minimum atomic E-state index is -0.735. The Morgan fingerprint density at radius 3 is 2.39 bits per heavy atom. The molecule has 1 unspecified atom stereocenters. The molecule has 1 atom stereocenters. The first-order chi connectivity index (χ1) is 8.66. The molecule has 0 heterocycles. The molecule has 104 valence electrons. The summed E-state index contributed by atoms with van der Waals surface area (Å²) in [4.78, 5) is 22.1. The summed E-state index contributed by atoms with van der Waals surface area (Å²) in [5.74, 6) is -0.272. The third-order valence-corrected chi connectivity index (χ3v) is 2.61. The van der Waals surface area contributed by atoms with E-state index in [9.17, 15) is 4.79 Å². The molecule has 0 amide bonds. The number of esters is 1. The maximum Gasteiger partial charge on any atom is 0.314 e. The lowest BCUT2D eigenvalue weighted by atomic mass is 9.80. The van der Waals surface area contributed by atoms with E-state index in [-0.39, 0.29) is 12.6 Å². The van der Waals surface area contributed by atoms with Crippen molar-refractivity contribution in [3.05, 3.63) is 25.3 Å². The molecular weight excluding hydrogens is 232 g/mol. The van der Waals surface area contributed by atoms with Gasteiger partial charge in [-0.2, -0.15) is 0 Å². The van der Waals surface area contributed by atoms with Gasteiger partial charge in [0.15, 0.2) is 0 Å². The summed E-state index contributed by atoms with van der Waals surface area (Å²) >= 11 is 0. The Balaban J connectivity index is 4.80. The van der Waals surface area contributed by atoms with Gasteiger partial charge in [0.2, 0.25) is 0 Å². The molecule has 0 aromatic heterocycles. The van der Waals surface area contributed by atoms with Crippen molar-refractivity contribution in [1.29, 1.82) is 0 Å². The van der Waals surface area contributed by atoms with E-state index in [0.29, 0.717) is 32.5 Å². The van der Waals surface area contributed by atoms with E-state index in [1.807, 2.05) is 6.92 Å². The SMILES string of the molecule is C=CCCC(CC=C)(COOCC)C(=O)OCC. The monoisotopic (exact) mass is 256 g/mol. The largest absolute Gasteiger partial charge is 0.465 e. The molecule has 0 aromatic rings. The Morgan fingerprint density at radius 1 is 1.17 bits per heavy atom. The van der Waals surface area contributed by atoms with Gasteiger partial charge < -0.3 is 4.74 Å². The zero-order valence-electron chi connectivity index (χ0n) is 11.4. The second-order valence-electron chi connectivity index (χ2n) is 3.99. The van der Waals surface area contributed by atoms with Gasteiger partial charge in [-0.05, 0) is 33.1 Å². The smallest absolute Gasteiger partial charge is 0.314 e. The number of rotatable bonds is 11. The predicted octanol–water partition coefficient (Wildman–Crippen LogP) is 3.05. The van der Waals surface area contributed by atoms with Crippen molar-refractivity contribution in [3.63, 3.8) is 0 Å². The van der Waals surface area contributed by atoms with Crippen LogP contribution in [0, 0.1) is 5.41 Å². The molecule has 18 heavy (non-hydrogen) atoms. The molecule has 0 aliphatic carbocycles. The fraction of sp³-hybridized carbons (Fsp3) is 0.643. The summed E-state index contributed by atoms with van der Waals surface area (Å²) in [7, 11) is 0. The topological polar surface area (TPSA) is 44.8 Å². The van der Waals surface area contributed by atoms with Gasteiger partial charge >= 0.3 is 5.97 Å². The molecule has 0 N–H and O–H groups in total. The van der Waals surface area contributed by atoms with Crippen LogP contribution in [0.1, 0.15) is 33.1 Å². The van der Waals surface area contributed by atoms with Crippen LogP contribution in [0.25, 0.3) is 0 Å². The summed E-state index contributed by atoms with van der Waals surface area (Å²) in [5.41, 5.74) is -0.735. The van der Waals surface area contributed by atoms with Crippen LogP contribution in [0.15, 0.2) is 25.3 Å². The molecule has 0 saturated heterocycles. The number of hydrogen-bond donors (Lipinski definition) is 0. The fourth-order valence-electron chi connectivity index (χ4n) is 1.65. The van der Waals surface area contributed by atoms with Gasteiger partial charge in [-0.25, -0.2) is 9.78 Å². The molecule has 0 fully saturated rings. The van der Waals surface area contributed by atoms with E-state index < -0.39 is 5.41 Å². The normalized spacial score (nSPS) is 13.7. The molecule has 0 radical (unpaired) electrons. The first-order valence-corrected chi connectivity index (χ1v) is 6.30. The third kappa shape index (κ3) is 5.47. The van der Waals surface area contributed by atoms with Crippen LogP contribution < -0.4 is 0 Å². The molecule has 4 heteroatoms. The molecule has 0 aliphatic heterocycles. The van der Waals surface area contributed by atoms with Gasteiger partial charge in [-0.15, -0.1) is 13.2 Å². The summed E-state index contributed by atoms with van der Waals surface area (Å²) < 4.78 is 5.13. The number of hydrogen-bond acceptors (Lipinski definition) is 4. The molecule has 0 aromatic carbocycles. The second kappa shape index (κ2) is 9.85. The maximum absolute atomic E-state index is 12.1. The molecule has 0 rings (SSSR count). The van der Waals surface area contributed by atoms with Gasteiger partial charge in [0.25, 0.3) is 0 Å². The van der Waals surface area contributed by atoms with E-state index in [1.54, 1.807) is 19.1 Å². The average Bonchev–Trinajstić information content (AvgIpc) is 2.36. The number of carbonyl (C=O) groups excluding carboxylic acids is 1. The van der Waals surface area contributed by atoms with Gasteiger partial charge in [0.1, 0.15) is 0 Å². The number of ether oxygens (including phenoxy) is 1. The predicted molar refractivity (Wildman–Crippen MR) is 70.9 cm³/mol. The average molecular weight is 256 g/mol. The van der Waals surface area contributed by atoms with Crippen molar-refractivity contribution in [3.8, 4) is 0 Å². The lowest BCUT2D eigenvalue weighted by Crippen LogP contribution is -2.37. The van der Waals surface area contributed by atoms with Crippen molar-refractivity contribution < 1.29 is 19.3 Å². The van der Waals surface area contributed by atoms with E-state index >= 15 is 0 Å². The minimum Gasteiger partial charge on any atom is -0.465 e. The Labute approximate surface area is 110 Å². The Kier molecular flexibility index (Phi) is 9.24.